The van der Waals surface area contributed by atoms with Crippen LogP contribution in [0.2, 0.25) is 0 Å². The fourth-order valence-electron chi connectivity index (χ4n) is 2.41. The Labute approximate surface area is 118 Å². The fraction of sp³-hybridized carbons (Fsp3) is 0.0556. The molecule has 1 heterocycles. The standard InChI is InChI=1S/C18H16N2/c19-16-11-12-17(20-13-16)18(14-7-3-1-4-8-14)15-9-5-2-6-10-15/h1-13,18H,19H2. The maximum Gasteiger partial charge on any atom is 0.0524 e. The van der Waals surface area contributed by atoms with Gasteiger partial charge in [0.25, 0.3) is 0 Å². The Morgan fingerprint density at radius 2 is 1.25 bits per heavy atom. The van der Waals surface area contributed by atoms with Crippen LogP contribution >= 0.6 is 0 Å². The zero-order valence-electron chi connectivity index (χ0n) is 11.1. The van der Waals surface area contributed by atoms with Gasteiger partial charge in [-0.25, -0.2) is 0 Å². The second-order valence-corrected chi connectivity index (χ2v) is 4.77. The molecule has 1 aromatic heterocycles. The first-order chi connectivity index (χ1) is 9.84. The van der Waals surface area contributed by atoms with Crippen LogP contribution in [0, 0.1) is 0 Å². The van der Waals surface area contributed by atoms with E-state index < -0.39 is 0 Å². The van der Waals surface area contributed by atoms with E-state index in [2.05, 4.69) is 53.5 Å². The number of rotatable bonds is 3. The summed E-state index contributed by atoms with van der Waals surface area (Å²) in [6.07, 6.45) is 1.72. The van der Waals surface area contributed by atoms with Gasteiger partial charge in [-0.1, -0.05) is 60.7 Å². The van der Waals surface area contributed by atoms with Gasteiger partial charge in [0.05, 0.1) is 23.5 Å². The van der Waals surface area contributed by atoms with Crippen LogP contribution in [-0.4, -0.2) is 4.98 Å². The lowest BCUT2D eigenvalue weighted by molar-refractivity contribution is 0.919. The highest BCUT2D eigenvalue weighted by Gasteiger charge is 2.17. The van der Waals surface area contributed by atoms with Gasteiger partial charge in [-0.15, -0.1) is 0 Å². The summed E-state index contributed by atoms with van der Waals surface area (Å²) < 4.78 is 0. The van der Waals surface area contributed by atoms with Crippen molar-refractivity contribution in [3.8, 4) is 0 Å². The Balaban J connectivity index is 2.11. The molecule has 0 atom stereocenters. The van der Waals surface area contributed by atoms with Crippen molar-refractivity contribution in [1.82, 2.24) is 4.98 Å². The smallest absolute Gasteiger partial charge is 0.0524 e. The third-order valence-electron chi connectivity index (χ3n) is 3.37. The van der Waals surface area contributed by atoms with Crippen molar-refractivity contribution >= 4 is 5.69 Å². The molecule has 0 spiro atoms. The van der Waals surface area contributed by atoms with Gasteiger partial charge in [-0.05, 0) is 23.3 Å². The van der Waals surface area contributed by atoms with E-state index in [1.165, 1.54) is 11.1 Å². The number of nitrogens with zero attached hydrogens (tertiary/aromatic N) is 1. The zero-order valence-corrected chi connectivity index (χ0v) is 11.1. The number of hydrogen-bond donors (Lipinski definition) is 1. The van der Waals surface area contributed by atoms with Gasteiger partial charge in [-0.2, -0.15) is 0 Å². The number of pyridine rings is 1. The zero-order chi connectivity index (χ0) is 13.8. The van der Waals surface area contributed by atoms with E-state index in [-0.39, 0.29) is 5.92 Å². The summed E-state index contributed by atoms with van der Waals surface area (Å²) in [6, 6.07) is 24.7. The van der Waals surface area contributed by atoms with Crippen LogP contribution in [0.3, 0.4) is 0 Å². The van der Waals surface area contributed by atoms with Crippen LogP contribution < -0.4 is 5.73 Å². The van der Waals surface area contributed by atoms with E-state index in [0.29, 0.717) is 5.69 Å². The van der Waals surface area contributed by atoms with Crippen molar-refractivity contribution in [1.29, 1.82) is 0 Å². The van der Waals surface area contributed by atoms with Gasteiger partial charge in [0.15, 0.2) is 0 Å². The van der Waals surface area contributed by atoms with Crippen molar-refractivity contribution < 1.29 is 0 Å². The van der Waals surface area contributed by atoms with E-state index >= 15 is 0 Å². The monoisotopic (exact) mass is 260 g/mol. The SMILES string of the molecule is Nc1ccc(C(c2ccccc2)c2ccccc2)nc1. The van der Waals surface area contributed by atoms with Gasteiger partial charge in [0.1, 0.15) is 0 Å². The van der Waals surface area contributed by atoms with Crippen LogP contribution in [-0.2, 0) is 0 Å². The van der Waals surface area contributed by atoms with Crippen LogP contribution in [0.1, 0.15) is 22.7 Å². The van der Waals surface area contributed by atoms with E-state index in [1.54, 1.807) is 6.20 Å². The molecule has 0 amide bonds. The quantitative estimate of drug-likeness (QED) is 0.777. The van der Waals surface area contributed by atoms with Gasteiger partial charge in [0.2, 0.25) is 0 Å². The van der Waals surface area contributed by atoms with Crippen molar-refractivity contribution in [3.05, 3.63) is 95.8 Å². The van der Waals surface area contributed by atoms with Gasteiger partial charge in [-0.3, -0.25) is 4.98 Å². The van der Waals surface area contributed by atoms with Crippen LogP contribution in [0.15, 0.2) is 79.0 Å². The van der Waals surface area contributed by atoms with Gasteiger partial charge < -0.3 is 5.73 Å². The van der Waals surface area contributed by atoms with Crippen LogP contribution in [0.4, 0.5) is 5.69 Å². The molecule has 0 radical (unpaired) electrons. The van der Waals surface area contributed by atoms with E-state index in [0.717, 1.165) is 5.69 Å². The van der Waals surface area contributed by atoms with E-state index in [1.807, 2.05) is 24.3 Å². The number of anilines is 1. The number of nitrogens with two attached hydrogens (primary N) is 1. The third kappa shape index (κ3) is 2.54. The average Bonchev–Trinajstić information content (AvgIpc) is 2.52. The molecule has 98 valence electrons. The Morgan fingerprint density at radius 3 is 1.70 bits per heavy atom. The highest BCUT2D eigenvalue weighted by atomic mass is 14.7. The van der Waals surface area contributed by atoms with Crippen LogP contribution in [0.25, 0.3) is 0 Å². The molecule has 2 heteroatoms. The Hall–Kier alpha value is -2.61. The lowest BCUT2D eigenvalue weighted by atomic mass is 9.88. The van der Waals surface area contributed by atoms with E-state index in [9.17, 15) is 0 Å². The molecule has 2 aromatic carbocycles. The summed E-state index contributed by atoms with van der Waals surface area (Å²) in [7, 11) is 0. The molecule has 20 heavy (non-hydrogen) atoms. The molecule has 2 N–H and O–H groups in total. The van der Waals surface area contributed by atoms with E-state index in [4.69, 9.17) is 5.73 Å². The molecule has 0 saturated heterocycles. The maximum atomic E-state index is 5.74. The minimum atomic E-state index is 0.137. The summed E-state index contributed by atoms with van der Waals surface area (Å²) in [6.45, 7) is 0. The normalized spacial score (nSPS) is 10.7. The first kappa shape index (κ1) is 12.4. The number of benzene rings is 2. The molecule has 0 bridgehead atoms. The molecule has 0 fully saturated rings. The fourth-order valence-corrected chi connectivity index (χ4v) is 2.41. The van der Waals surface area contributed by atoms with Crippen molar-refractivity contribution in [2.75, 3.05) is 5.73 Å². The first-order valence-electron chi connectivity index (χ1n) is 6.66. The number of nitrogen functional groups attached to an aromatic ring is 1. The minimum Gasteiger partial charge on any atom is -0.397 e. The summed E-state index contributed by atoms with van der Waals surface area (Å²) in [4.78, 5) is 4.51. The molecule has 0 aliphatic rings. The highest BCUT2D eigenvalue weighted by Crippen LogP contribution is 2.30. The second kappa shape index (κ2) is 5.57. The second-order valence-electron chi connectivity index (χ2n) is 4.77. The molecule has 0 unspecified atom stereocenters. The molecular formula is C18H16N2. The predicted molar refractivity (Wildman–Crippen MR) is 82.5 cm³/mol. The average molecular weight is 260 g/mol. The molecule has 0 saturated carbocycles. The Bertz CT molecular complexity index is 621. The summed E-state index contributed by atoms with van der Waals surface area (Å²) in [5.74, 6) is 0.137. The highest BCUT2D eigenvalue weighted by molar-refractivity contribution is 5.43. The van der Waals surface area contributed by atoms with Gasteiger partial charge >= 0.3 is 0 Å². The molecular weight excluding hydrogens is 244 g/mol. The Kier molecular flexibility index (Phi) is 3.46. The topological polar surface area (TPSA) is 38.9 Å². The molecule has 0 aliphatic carbocycles. The Morgan fingerprint density at radius 1 is 0.700 bits per heavy atom. The maximum absolute atomic E-state index is 5.74. The van der Waals surface area contributed by atoms with Crippen molar-refractivity contribution in [2.24, 2.45) is 0 Å². The van der Waals surface area contributed by atoms with Crippen LogP contribution in [0.5, 0.6) is 0 Å². The largest absolute Gasteiger partial charge is 0.397 e. The molecule has 3 aromatic rings. The minimum absolute atomic E-state index is 0.137. The number of aromatic nitrogens is 1. The predicted octanol–water partition coefficient (Wildman–Crippen LogP) is 3.84. The summed E-state index contributed by atoms with van der Waals surface area (Å²) in [5, 5.41) is 0. The molecule has 2 nitrogen and oxygen atoms in total. The summed E-state index contributed by atoms with van der Waals surface area (Å²) >= 11 is 0. The first-order valence-corrected chi connectivity index (χ1v) is 6.66. The third-order valence-corrected chi connectivity index (χ3v) is 3.37. The van der Waals surface area contributed by atoms with Crippen molar-refractivity contribution in [3.63, 3.8) is 0 Å². The summed E-state index contributed by atoms with van der Waals surface area (Å²) in [5.41, 5.74) is 9.91. The van der Waals surface area contributed by atoms with Crippen molar-refractivity contribution in [2.45, 2.75) is 5.92 Å². The number of hydrogen-bond acceptors (Lipinski definition) is 2. The lowest BCUT2D eigenvalue weighted by Crippen LogP contribution is -2.05. The lowest BCUT2D eigenvalue weighted by Gasteiger charge is -2.17. The molecule has 3 rings (SSSR count). The van der Waals surface area contributed by atoms with Gasteiger partial charge in [0, 0.05) is 0 Å². The molecule has 0 aliphatic heterocycles.